The Labute approximate surface area is 168 Å². The minimum atomic E-state index is -0.304. The number of hydrogen-bond acceptors (Lipinski definition) is 5. The molecular formula is C22H20ClNO4. The first-order valence-electron chi connectivity index (χ1n) is 8.47. The summed E-state index contributed by atoms with van der Waals surface area (Å²) >= 11 is 5.52. The van der Waals surface area contributed by atoms with Gasteiger partial charge in [0.25, 0.3) is 6.47 Å². The summed E-state index contributed by atoms with van der Waals surface area (Å²) in [5.74, 6) is 0.674. The topological polar surface area (TPSA) is 65.5 Å². The van der Waals surface area contributed by atoms with Crippen molar-refractivity contribution in [2.24, 2.45) is 0 Å². The second-order valence-corrected chi connectivity index (χ2v) is 6.39. The van der Waals surface area contributed by atoms with E-state index in [2.05, 4.69) is 9.72 Å². The van der Waals surface area contributed by atoms with Crippen LogP contribution in [0, 0.1) is 20.8 Å². The van der Waals surface area contributed by atoms with Gasteiger partial charge in [-0.25, -0.2) is 4.79 Å². The number of nitrogens with zero attached hydrogens (tertiary/aromatic N) is 1. The van der Waals surface area contributed by atoms with Crippen LogP contribution in [0.4, 0.5) is 0 Å². The summed E-state index contributed by atoms with van der Waals surface area (Å²) in [5, 5.41) is 0.444. The molecular weight excluding hydrogens is 378 g/mol. The van der Waals surface area contributed by atoms with Gasteiger partial charge in [0, 0.05) is 12.3 Å². The van der Waals surface area contributed by atoms with Gasteiger partial charge in [-0.3, -0.25) is 9.78 Å². The van der Waals surface area contributed by atoms with Crippen molar-refractivity contribution in [3.63, 3.8) is 0 Å². The number of esters is 1. The zero-order valence-corrected chi connectivity index (χ0v) is 16.6. The molecule has 3 rings (SSSR count). The van der Waals surface area contributed by atoms with E-state index in [9.17, 15) is 9.59 Å². The maximum Gasteiger partial charge on any atom is 0.343 e. The Bertz CT molecular complexity index is 972. The van der Waals surface area contributed by atoms with Crippen LogP contribution in [0.1, 0.15) is 27.0 Å². The van der Waals surface area contributed by atoms with E-state index in [1.54, 1.807) is 6.07 Å². The van der Waals surface area contributed by atoms with Gasteiger partial charge in [0.05, 0.1) is 16.8 Å². The number of ether oxygens (including phenoxy) is 2. The van der Waals surface area contributed by atoms with Gasteiger partial charge in [-0.1, -0.05) is 41.9 Å². The van der Waals surface area contributed by atoms with Crippen molar-refractivity contribution in [2.75, 3.05) is 0 Å². The minimum absolute atomic E-state index is 0.304. The summed E-state index contributed by atoms with van der Waals surface area (Å²) in [6.45, 7) is 6.18. The standard InChI is InChI=1S/C16H16O2.C6H4ClNO2/c1-11-8-6-10-15(13(11)3)18-16(17)14-9-5-4-7-12(14)2;7-5-1-6(10-4-9)3-8-2-5/h4-10H,1-3H3;1-4H. The normalized spacial score (nSPS) is 9.71. The summed E-state index contributed by atoms with van der Waals surface area (Å²) in [4.78, 5) is 25.6. The SMILES string of the molecule is Cc1ccccc1C(=O)Oc1cccc(C)c1C.O=COc1cncc(Cl)c1. The maximum absolute atomic E-state index is 12.1. The molecule has 1 aromatic heterocycles. The van der Waals surface area contributed by atoms with Crippen molar-refractivity contribution < 1.29 is 19.1 Å². The average Bonchev–Trinajstić information content (AvgIpc) is 2.67. The van der Waals surface area contributed by atoms with Gasteiger partial charge in [0.15, 0.2) is 0 Å². The number of carbonyl (C=O) groups excluding carboxylic acids is 2. The van der Waals surface area contributed by atoms with Crippen molar-refractivity contribution in [3.8, 4) is 11.5 Å². The first-order chi connectivity index (χ1) is 13.4. The molecule has 0 atom stereocenters. The van der Waals surface area contributed by atoms with E-state index >= 15 is 0 Å². The van der Waals surface area contributed by atoms with E-state index in [1.807, 2.05) is 57.2 Å². The number of carbonyl (C=O) groups is 2. The van der Waals surface area contributed by atoms with Crippen molar-refractivity contribution in [3.05, 3.63) is 88.2 Å². The van der Waals surface area contributed by atoms with E-state index < -0.39 is 0 Å². The molecule has 0 amide bonds. The highest BCUT2D eigenvalue weighted by molar-refractivity contribution is 6.30. The molecule has 144 valence electrons. The molecule has 0 aliphatic heterocycles. The van der Waals surface area contributed by atoms with Crippen LogP contribution in [0.5, 0.6) is 11.5 Å². The average molecular weight is 398 g/mol. The fraction of sp³-hybridized carbons (Fsp3) is 0.136. The van der Waals surface area contributed by atoms with Gasteiger partial charge < -0.3 is 9.47 Å². The molecule has 1 heterocycles. The van der Waals surface area contributed by atoms with Crippen LogP contribution in [-0.4, -0.2) is 17.4 Å². The lowest BCUT2D eigenvalue weighted by Gasteiger charge is -2.10. The molecule has 0 unspecified atom stereocenters. The first kappa shape index (κ1) is 21.1. The number of hydrogen-bond donors (Lipinski definition) is 0. The predicted octanol–water partition coefficient (Wildman–Crippen LogP) is 5.10. The van der Waals surface area contributed by atoms with Gasteiger partial charge in [0.1, 0.15) is 11.5 Å². The highest BCUT2D eigenvalue weighted by Crippen LogP contribution is 2.22. The highest BCUT2D eigenvalue weighted by Gasteiger charge is 2.12. The molecule has 0 aliphatic rings. The molecule has 0 fully saturated rings. The first-order valence-corrected chi connectivity index (χ1v) is 8.85. The molecule has 2 aromatic carbocycles. The Morgan fingerprint density at radius 2 is 1.71 bits per heavy atom. The van der Waals surface area contributed by atoms with E-state index in [0.29, 0.717) is 28.6 Å². The van der Waals surface area contributed by atoms with Crippen LogP contribution in [0.25, 0.3) is 0 Å². The third kappa shape index (κ3) is 5.93. The van der Waals surface area contributed by atoms with Crippen LogP contribution >= 0.6 is 11.6 Å². The van der Waals surface area contributed by atoms with Gasteiger partial charge in [0.2, 0.25) is 0 Å². The predicted molar refractivity (Wildman–Crippen MR) is 108 cm³/mol. The molecule has 5 nitrogen and oxygen atoms in total. The third-order valence-corrected chi connectivity index (χ3v) is 4.19. The van der Waals surface area contributed by atoms with Crippen LogP contribution in [-0.2, 0) is 4.79 Å². The van der Waals surface area contributed by atoms with E-state index in [4.69, 9.17) is 16.3 Å². The number of benzene rings is 2. The molecule has 0 saturated carbocycles. The molecule has 0 aliphatic carbocycles. The summed E-state index contributed by atoms with van der Waals surface area (Å²) in [7, 11) is 0. The van der Waals surface area contributed by atoms with Crippen LogP contribution in [0.15, 0.2) is 60.9 Å². The van der Waals surface area contributed by atoms with E-state index in [1.165, 1.54) is 18.5 Å². The van der Waals surface area contributed by atoms with Gasteiger partial charge in [-0.05, 0) is 49.6 Å². The lowest BCUT2D eigenvalue weighted by Crippen LogP contribution is -2.11. The van der Waals surface area contributed by atoms with Crippen molar-refractivity contribution in [1.82, 2.24) is 4.98 Å². The Morgan fingerprint density at radius 3 is 2.39 bits per heavy atom. The number of aromatic nitrogens is 1. The number of halogens is 1. The monoisotopic (exact) mass is 397 g/mol. The van der Waals surface area contributed by atoms with Crippen LogP contribution in [0.3, 0.4) is 0 Å². The smallest absolute Gasteiger partial charge is 0.343 e. The second kappa shape index (κ2) is 10.2. The lowest BCUT2D eigenvalue weighted by molar-refractivity contribution is -0.120. The summed E-state index contributed by atoms with van der Waals surface area (Å²) in [6, 6.07) is 14.6. The van der Waals surface area contributed by atoms with Crippen molar-refractivity contribution in [1.29, 1.82) is 0 Å². The zero-order valence-electron chi connectivity index (χ0n) is 15.8. The number of pyridine rings is 1. The Morgan fingerprint density at radius 1 is 1.00 bits per heavy atom. The second-order valence-electron chi connectivity index (χ2n) is 5.96. The number of rotatable bonds is 4. The largest absolute Gasteiger partial charge is 0.427 e. The van der Waals surface area contributed by atoms with Gasteiger partial charge in [-0.2, -0.15) is 0 Å². The van der Waals surface area contributed by atoms with Crippen molar-refractivity contribution in [2.45, 2.75) is 20.8 Å². The zero-order chi connectivity index (χ0) is 20.5. The Hall–Kier alpha value is -3.18. The Kier molecular flexibility index (Phi) is 7.72. The summed E-state index contributed by atoms with van der Waals surface area (Å²) in [5.41, 5.74) is 3.65. The molecule has 0 spiro atoms. The molecule has 28 heavy (non-hydrogen) atoms. The quantitative estimate of drug-likeness (QED) is 0.348. The molecule has 3 aromatic rings. The third-order valence-electron chi connectivity index (χ3n) is 3.99. The highest BCUT2D eigenvalue weighted by atomic mass is 35.5. The van der Waals surface area contributed by atoms with Gasteiger partial charge in [-0.15, -0.1) is 0 Å². The number of aryl methyl sites for hydroxylation is 2. The van der Waals surface area contributed by atoms with E-state index in [-0.39, 0.29) is 5.97 Å². The van der Waals surface area contributed by atoms with Gasteiger partial charge >= 0.3 is 5.97 Å². The summed E-state index contributed by atoms with van der Waals surface area (Å²) in [6.07, 6.45) is 2.86. The van der Waals surface area contributed by atoms with E-state index in [0.717, 1.165) is 16.7 Å². The molecule has 0 saturated heterocycles. The Balaban J connectivity index is 0.000000237. The molecule has 0 bridgehead atoms. The van der Waals surface area contributed by atoms with Crippen molar-refractivity contribution >= 4 is 24.0 Å². The lowest BCUT2D eigenvalue weighted by atomic mass is 10.1. The van der Waals surface area contributed by atoms with Crippen LogP contribution < -0.4 is 9.47 Å². The maximum atomic E-state index is 12.1. The fourth-order valence-electron chi connectivity index (χ4n) is 2.30. The van der Waals surface area contributed by atoms with Crippen LogP contribution in [0.2, 0.25) is 5.02 Å². The fourth-order valence-corrected chi connectivity index (χ4v) is 2.47. The minimum Gasteiger partial charge on any atom is -0.427 e. The molecule has 6 heteroatoms. The molecule has 0 N–H and O–H groups in total. The summed E-state index contributed by atoms with van der Waals surface area (Å²) < 4.78 is 9.91. The molecule has 0 radical (unpaired) electrons.